The highest BCUT2D eigenvalue weighted by Crippen LogP contribution is 2.25. The second-order valence-electron chi connectivity index (χ2n) is 8.65. The molecule has 1 aromatic heterocycles. The number of aromatic nitrogens is 2. The number of nitrogens with one attached hydrogen (secondary N) is 3. The number of nitrogens with two attached hydrogens (primary N) is 1. The summed E-state index contributed by atoms with van der Waals surface area (Å²) in [5, 5.41) is 9.24. The molecule has 0 radical (unpaired) electrons. The fourth-order valence-electron chi connectivity index (χ4n) is 4.11. The number of primary amides is 1. The lowest BCUT2D eigenvalue weighted by Gasteiger charge is -2.16. The number of hydrogen-bond donors (Lipinski definition) is 4. The van der Waals surface area contributed by atoms with Gasteiger partial charge in [-0.1, -0.05) is 43.0 Å². The topological polar surface area (TPSA) is 148 Å². The molecule has 1 aliphatic rings. The molecule has 10 nitrogen and oxygen atoms in total. The molecular formula is C27H28N6O4. The molecule has 1 aliphatic carbocycles. The van der Waals surface area contributed by atoms with Crippen LogP contribution in [0.4, 0.5) is 17.3 Å². The summed E-state index contributed by atoms with van der Waals surface area (Å²) < 4.78 is 5.40. The van der Waals surface area contributed by atoms with E-state index in [4.69, 9.17) is 10.5 Å². The van der Waals surface area contributed by atoms with Gasteiger partial charge in [0.1, 0.15) is 12.4 Å². The maximum Gasteiger partial charge on any atom is 0.338 e. The molecule has 1 saturated carbocycles. The summed E-state index contributed by atoms with van der Waals surface area (Å²) in [6.07, 6.45) is 5.07. The highest BCUT2D eigenvalue weighted by molar-refractivity contribution is 5.97. The summed E-state index contributed by atoms with van der Waals surface area (Å²) in [4.78, 5) is 44.8. The average molecular weight is 501 g/mol. The number of carbonyl (C=O) groups is 3. The summed E-state index contributed by atoms with van der Waals surface area (Å²) in [7, 11) is 0. The van der Waals surface area contributed by atoms with Crippen LogP contribution >= 0.6 is 0 Å². The SMILES string of the molecule is C=CC(=O)NC1CC[C@@H](Nc2cnc(C(N)=O)c(Nc3cccc(C(=O)OCc4ccccc4)c3)n2)C1. The highest BCUT2D eigenvalue weighted by atomic mass is 16.5. The molecule has 1 unspecified atom stereocenters. The number of carbonyl (C=O) groups excluding carboxylic acids is 3. The van der Waals surface area contributed by atoms with Crippen molar-refractivity contribution in [1.29, 1.82) is 0 Å². The predicted molar refractivity (Wildman–Crippen MR) is 139 cm³/mol. The van der Waals surface area contributed by atoms with Gasteiger partial charge in [0.25, 0.3) is 5.91 Å². The summed E-state index contributed by atoms with van der Waals surface area (Å²) >= 11 is 0. The number of hydrogen-bond acceptors (Lipinski definition) is 8. The fraction of sp³-hybridized carbons (Fsp3) is 0.222. The Balaban J connectivity index is 1.44. The quantitative estimate of drug-likeness (QED) is 0.245. The second kappa shape index (κ2) is 11.8. The van der Waals surface area contributed by atoms with E-state index < -0.39 is 11.9 Å². The van der Waals surface area contributed by atoms with Crippen molar-refractivity contribution in [3.8, 4) is 0 Å². The third kappa shape index (κ3) is 6.91. The lowest BCUT2D eigenvalue weighted by Crippen LogP contribution is -2.32. The van der Waals surface area contributed by atoms with Gasteiger partial charge in [-0.3, -0.25) is 9.59 Å². The molecule has 2 atom stereocenters. The minimum absolute atomic E-state index is 0.0369. The largest absolute Gasteiger partial charge is 0.457 e. The van der Waals surface area contributed by atoms with Gasteiger partial charge in [0.15, 0.2) is 11.5 Å². The Bertz CT molecular complexity index is 1300. The van der Waals surface area contributed by atoms with E-state index in [1.54, 1.807) is 24.3 Å². The standard InChI is InChI=1S/C27H28N6O4/c1-2-23(34)31-21-12-11-20(14-21)30-22-15-29-24(25(28)35)26(33-22)32-19-10-6-9-18(13-19)27(36)37-16-17-7-4-3-5-8-17/h2-10,13,15,20-21H,1,11-12,14,16H2,(H2,28,35)(H,31,34)(H2,30,32,33)/t20-,21?/m1/s1. The molecule has 1 heterocycles. The number of anilines is 3. The first-order valence-electron chi connectivity index (χ1n) is 11.9. The average Bonchev–Trinajstić information content (AvgIpc) is 3.34. The first-order chi connectivity index (χ1) is 17.9. The molecule has 0 spiro atoms. The van der Waals surface area contributed by atoms with E-state index in [9.17, 15) is 14.4 Å². The number of amides is 2. The molecule has 1 fully saturated rings. The highest BCUT2D eigenvalue weighted by Gasteiger charge is 2.26. The van der Waals surface area contributed by atoms with E-state index in [-0.39, 0.29) is 36.1 Å². The van der Waals surface area contributed by atoms with Gasteiger partial charge in [0.2, 0.25) is 5.91 Å². The van der Waals surface area contributed by atoms with Gasteiger partial charge < -0.3 is 26.4 Å². The van der Waals surface area contributed by atoms with Gasteiger partial charge in [-0.15, -0.1) is 0 Å². The lowest BCUT2D eigenvalue weighted by atomic mass is 10.2. The maximum absolute atomic E-state index is 12.6. The lowest BCUT2D eigenvalue weighted by molar-refractivity contribution is -0.117. The molecule has 0 saturated heterocycles. The normalized spacial score (nSPS) is 16.4. The van der Waals surface area contributed by atoms with E-state index in [1.165, 1.54) is 12.3 Å². The molecule has 37 heavy (non-hydrogen) atoms. The van der Waals surface area contributed by atoms with Crippen LogP contribution in [0, 0.1) is 0 Å². The molecule has 2 amide bonds. The van der Waals surface area contributed by atoms with Crippen LogP contribution in [-0.2, 0) is 16.1 Å². The van der Waals surface area contributed by atoms with Crippen LogP contribution in [0.2, 0.25) is 0 Å². The Morgan fingerprint density at radius 2 is 1.86 bits per heavy atom. The maximum atomic E-state index is 12.6. The summed E-state index contributed by atoms with van der Waals surface area (Å²) in [5.41, 5.74) is 7.20. The number of rotatable bonds is 10. The van der Waals surface area contributed by atoms with Crippen LogP contribution in [0.5, 0.6) is 0 Å². The van der Waals surface area contributed by atoms with Gasteiger partial charge in [-0.05, 0) is 49.1 Å². The summed E-state index contributed by atoms with van der Waals surface area (Å²) in [6, 6.07) is 16.2. The zero-order chi connectivity index (χ0) is 26.2. The van der Waals surface area contributed by atoms with E-state index >= 15 is 0 Å². The van der Waals surface area contributed by atoms with Crippen LogP contribution in [0.1, 0.15) is 45.7 Å². The molecule has 10 heteroatoms. The van der Waals surface area contributed by atoms with Crippen LogP contribution in [0.25, 0.3) is 0 Å². The summed E-state index contributed by atoms with van der Waals surface area (Å²) in [5.74, 6) is -0.821. The van der Waals surface area contributed by atoms with Gasteiger partial charge >= 0.3 is 5.97 Å². The first-order valence-corrected chi connectivity index (χ1v) is 11.9. The first kappa shape index (κ1) is 25.4. The Morgan fingerprint density at radius 1 is 1.08 bits per heavy atom. The molecule has 2 aromatic carbocycles. The van der Waals surface area contributed by atoms with E-state index in [0.29, 0.717) is 23.5 Å². The fourth-order valence-corrected chi connectivity index (χ4v) is 4.11. The minimum atomic E-state index is -0.743. The molecular weight excluding hydrogens is 472 g/mol. The molecule has 5 N–H and O–H groups in total. The molecule has 3 aromatic rings. The van der Waals surface area contributed by atoms with E-state index in [0.717, 1.165) is 18.4 Å². The molecule has 0 bridgehead atoms. The molecule has 4 rings (SSSR count). The van der Waals surface area contributed by atoms with Crippen LogP contribution in [-0.4, -0.2) is 39.8 Å². The molecule has 0 aliphatic heterocycles. The van der Waals surface area contributed by atoms with Crippen LogP contribution in [0.15, 0.2) is 73.4 Å². The van der Waals surface area contributed by atoms with Crippen LogP contribution in [0.3, 0.4) is 0 Å². The third-order valence-electron chi connectivity index (χ3n) is 5.90. The van der Waals surface area contributed by atoms with Crippen molar-refractivity contribution in [2.45, 2.75) is 38.0 Å². The van der Waals surface area contributed by atoms with Crippen LogP contribution < -0.4 is 21.7 Å². The van der Waals surface area contributed by atoms with Crippen molar-refractivity contribution in [3.63, 3.8) is 0 Å². The second-order valence-corrected chi connectivity index (χ2v) is 8.65. The number of benzene rings is 2. The molecule has 190 valence electrons. The Morgan fingerprint density at radius 3 is 2.62 bits per heavy atom. The Labute approximate surface area is 214 Å². The monoisotopic (exact) mass is 500 g/mol. The smallest absolute Gasteiger partial charge is 0.338 e. The van der Waals surface area contributed by atoms with Gasteiger partial charge in [-0.2, -0.15) is 0 Å². The zero-order valence-electron chi connectivity index (χ0n) is 20.1. The van der Waals surface area contributed by atoms with Crippen molar-refractivity contribution in [2.75, 3.05) is 10.6 Å². The van der Waals surface area contributed by atoms with Crippen molar-refractivity contribution < 1.29 is 19.1 Å². The van der Waals surface area contributed by atoms with Gasteiger partial charge in [0.05, 0.1) is 11.8 Å². The minimum Gasteiger partial charge on any atom is -0.457 e. The van der Waals surface area contributed by atoms with E-state index in [2.05, 4.69) is 32.5 Å². The number of esters is 1. The Hall–Kier alpha value is -4.73. The van der Waals surface area contributed by atoms with Crippen molar-refractivity contribution >= 4 is 35.1 Å². The summed E-state index contributed by atoms with van der Waals surface area (Å²) in [6.45, 7) is 3.63. The predicted octanol–water partition coefficient (Wildman–Crippen LogP) is 3.31. The van der Waals surface area contributed by atoms with Crippen molar-refractivity contribution in [1.82, 2.24) is 15.3 Å². The Kier molecular flexibility index (Phi) is 8.09. The van der Waals surface area contributed by atoms with Crippen molar-refractivity contribution in [2.24, 2.45) is 5.73 Å². The number of ether oxygens (including phenoxy) is 1. The van der Waals surface area contributed by atoms with E-state index in [1.807, 2.05) is 30.3 Å². The van der Waals surface area contributed by atoms with Crippen molar-refractivity contribution in [3.05, 3.63) is 90.3 Å². The third-order valence-corrected chi connectivity index (χ3v) is 5.90. The zero-order valence-corrected chi connectivity index (χ0v) is 20.1. The number of nitrogens with zero attached hydrogens (tertiary/aromatic N) is 2. The van der Waals surface area contributed by atoms with Gasteiger partial charge in [0, 0.05) is 17.8 Å². The van der Waals surface area contributed by atoms with Gasteiger partial charge in [-0.25, -0.2) is 14.8 Å².